The van der Waals surface area contributed by atoms with E-state index in [4.69, 9.17) is 9.16 Å². The first kappa shape index (κ1) is 20.3. The summed E-state index contributed by atoms with van der Waals surface area (Å²) >= 11 is 1.65. The SMILES string of the molecule is CC(=O)O[C@]1(C)C[C@@]1(/C=C\Sc1ccccc1)O[Si](C)(C)C(C)(C)C. The van der Waals surface area contributed by atoms with Crippen LogP contribution in [0.2, 0.25) is 18.1 Å². The third kappa shape index (κ3) is 4.57. The molecular formula is C20H30O3SSi. The Morgan fingerprint density at radius 3 is 2.36 bits per heavy atom. The van der Waals surface area contributed by atoms with E-state index in [1.54, 1.807) is 11.8 Å². The Morgan fingerprint density at radius 1 is 1.24 bits per heavy atom. The molecule has 0 spiro atoms. The summed E-state index contributed by atoms with van der Waals surface area (Å²) in [5.41, 5.74) is -1.11. The van der Waals surface area contributed by atoms with Gasteiger partial charge in [0.05, 0.1) is 0 Å². The highest BCUT2D eigenvalue weighted by atomic mass is 32.2. The summed E-state index contributed by atoms with van der Waals surface area (Å²) < 4.78 is 12.3. The summed E-state index contributed by atoms with van der Waals surface area (Å²) in [4.78, 5) is 12.7. The number of thioether (sulfide) groups is 1. The van der Waals surface area contributed by atoms with E-state index in [-0.39, 0.29) is 11.0 Å². The molecule has 0 aliphatic heterocycles. The zero-order valence-electron chi connectivity index (χ0n) is 16.4. The van der Waals surface area contributed by atoms with Gasteiger partial charge >= 0.3 is 5.97 Å². The molecule has 25 heavy (non-hydrogen) atoms. The summed E-state index contributed by atoms with van der Waals surface area (Å²) in [5.74, 6) is -0.257. The number of benzene rings is 1. The van der Waals surface area contributed by atoms with Gasteiger partial charge in [-0.2, -0.15) is 0 Å². The van der Waals surface area contributed by atoms with Crippen LogP contribution >= 0.6 is 11.8 Å². The molecule has 1 aliphatic carbocycles. The molecule has 0 unspecified atom stereocenters. The zero-order valence-corrected chi connectivity index (χ0v) is 18.2. The second kappa shape index (κ2) is 6.93. The summed E-state index contributed by atoms with van der Waals surface area (Å²) in [5, 5.41) is 2.16. The molecule has 138 valence electrons. The molecule has 0 amide bonds. The van der Waals surface area contributed by atoms with Crippen molar-refractivity contribution in [2.24, 2.45) is 0 Å². The van der Waals surface area contributed by atoms with Crippen molar-refractivity contribution < 1.29 is 14.0 Å². The molecular weight excluding hydrogens is 348 g/mol. The summed E-state index contributed by atoms with van der Waals surface area (Å²) in [6, 6.07) is 10.2. The first-order chi connectivity index (χ1) is 11.4. The molecule has 1 aromatic carbocycles. The van der Waals surface area contributed by atoms with Crippen molar-refractivity contribution in [2.45, 2.75) is 75.3 Å². The van der Waals surface area contributed by atoms with E-state index in [1.807, 2.05) is 25.1 Å². The van der Waals surface area contributed by atoms with Gasteiger partial charge in [0, 0.05) is 18.2 Å². The highest BCUT2D eigenvalue weighted by Crippen LogP contribution is 2.58. The van der Waals surface area contributed by atoms with Crippen LogP contribution in [0.25, 0.3) is 0 Å². The lowest BCUT2D eigenvalue weighted by Crippen LogP contribution is -2.47. The second-order valence-corrected chi connectivity index (χ2v) is 14.2. The molecule has 0 radical (unpaired) electrons. The minimum absolute atomic E-state index is 0.0974. The predicted octanol–water partition coefficient (Wildman–Crippen LogP) is 5.78. The van der Waals surface area contributed by atoms with E-state index in [0.717, 1.165) is 0 Å². The van der Waals surface area contributed by atoms with Crippen molar-refractivity contribution in [2.75, 3.05) is 0 Å². The highest BCUT2D eigenvalue weighted by Gasteiger charge is 2.69. The van der Waals surface area contributed by atoms with Crippen LogP contribution in [0.1, 0.15) is 41.0 Å². The maximum absolute atomic E-state index is 11.5. The van der Waals surface area contributed by atoms with Gasteiger partial charge in [0.2, 0.25) is 0 Å². The Morgan fingerprint density at radius 2 is 1.84 bits per heavy atom. The molecule has 0 aromatic heterocycles. The van der Waals surface area contributed by atoms with Gasteiger partial charge in [0.15, 0.2) is 8.32 Å². The first-order valence-corrected chi connectivity index (χ1v) is 12.5. The molecule has 1 saturated carbocycles. The molecule has 0 bridgehead atoms. The van der Waals surface area contributed by atoms with Gasteiger partial charge in [-0.3, -0.25) is 4.79 Å². The van der Waals surface area contributed by atoms with Gasteiger partial charge in [-0.25, -0.2) is 0 Å². The molecule has 0 saturated heterocycles. The van der Waals surface area contributed by atoms with Crippen molar-refractivity contribution in [1.29, 1.82) is 0 Å². The fraction of sp³-hybridized carbons (Fsp3) is 0.550. The van der Waals surface area contributed by atoms with Crippen LogP contribution in [-0.2, 0) is 14.0 Å². The number of rotatable bonds is 6. The molecule has 1 aliphatic rings. The molecule has 2 atom stereocenters. The maximum atomic E-state index is 11.5. The van der Waals surface area contributed by atoms with Gasteiger partial charge < -0.3 is 9.16 Å². The van der Waals surface area contributed by atoms with Crippen LogP contribution in [0.5, 0.6) is 0 Å². The van der Waals surface area contributed by atoms with Gasteiger partial charge in [-0.15, -0.1) is 0 Å². The molecule has 5 heteroatoms. The van der Waals surface area contributed by atoms with Crippen LogP contribution in [-0.4, -0.2) is 25.5 Å². The van der Waals surface area contributed by atoms with Gasteiger partial charge in [-0.05, 0) is 48.7 Å². The van der Waals surface area contributed by atoms with E-state index in [1.165, 1.54) is 11.8 Å². The lowest BCUT2D eigenvalue weighted by molar-refractivity contribution is -0.150. The number of hydrogen-bond donors (Lipinski definition) is 0. The normalized spacial score (nSPS) is 26.7. The maximum Gasteiger partial charge on any atom is 0.303 e. The van der Waals surface area contributed by atoms with Crippen LogP contribution in [0.3, 0.4) is 0 Å². The predicted molar refractivity (Wildman–Crippen MR) is 107 cm³/mol. The first-order valence-electron chi connectivity index (χ1n) is 8.70. The van der Waals surface area contributed by atoms with Crippen molar-refractivity contribution >= 4 is 26.0 Å². The third-order valence-electron chi connectivity index (χ3n) is 5.27. The van der Waals surface area contributed by atoms with Gasteiger partial charge in [-0.1, -0.05) is 50.7 Å². The fourth-order valence-electron chi connectivity index (χ4n) is 2.64. The Hall–Kier alpha value is -1.04. The number of carbonyl (C=O) groups is 1. The monoisotopic (exact) mass is 378 g/mol. The van der Waals surface area contributed by atoms with Crippen molar-refractivity contribution in [1.82, 2.24) is 0 Å². The van der Waals surface area contributed by atoms with Crippen LogP contribution < -0.4 is 0 Å². The van der Waals surface area contributed by atoms with Crippen molar-refractivity contribution in [3.63, 3.8) is 0 Å². The number of esters is 1. The van der Waals surface area contributed by atoms with E-state index < -0.39 is 19.5 Å². The van der Waals surface area contributed by atoms with Crippen LogP contribution in [0.4, 0.5) is 0 Å². The zero-order chi connectivity index (χ0) is 18.9. The van der Waals surface area contributed by atoms with Crippen molar-refractivity contribution in [3.05, 3.63) is 41.8 Å². The number of carbonyl (C=O) groups excluding carboxylic acids is 1. The smallest absolute Gasteiger partial charge is 0.303 e. The van der Waals surface area contributed by atoms with E-state index in [0.29, 0.717) is 6.42 Å². The largest absolute Gasteiger partial charge is 0.456 e. The average molecular weight is 379 g/mol. The molecule has 1 aromatic rings. The Bertz CT molecular complexity index is 651. The highest BCUT2D eigenvalue weighted by molar-refractivity contribution is 8.02. The molecule has 1 fully saturated rings. The minimum Gasteiger partial charge on any atom is -0.456 e. The number of ether oxygens (including phenoxy) is 1. The molecule has 0 N–H and O–H groups in total. The van der Waals surface area contributed by atoms with E-state index in [9.17, 15) is 4.79 Å². The minimum atomic E-state index is -2.00. The lowest BCUT2D eigenvalue weighted by Gasteiger charge is -2.40. The fourth-order valence-corrected chi connectivity index (χ4v) is 4.97. The van der Waals surface area contributed by atoms with Gasteiger partial charge in [0.25, 0.3) is 0 Å². The van der Waals surface area contributed by atoms with Crippen molar-refractivity contribution in [3.8, 4) is 0 Å². The number of hydrogen-bond acceptors (Lipinski definition) is 4. The van der Waals surface area contributed by atoms with Gasteiger partial charge in [0.1, 0.15) is 11.2 Å². The average Bonchev–Trinajstić information content (AvgIpc) is 2.99. The molecule has 2 rings (SSSR count). The van der Waals surface area contributed by atoms with E-state index >= 15 is 0 Å². The van der Waals surface area contributed by atoms with E-state index in [2.05, 4.69) is 57.5 Å². The summed E-state index contributed by atoms with van der Waals surface area (Å²) in [7, 11) is -2.00. The molecule has 0 heterocycles. The quantitative estimate of drug-likeness (QED) is 0.357. The topological polar surface area (TPSA) is 35.5 Å². The van der Waals surface area contributed by atoms with Crippen LogP contribution in [0.15, 0.2) is 46.7 Å². The standard InChI is InChI=1S/C20H30O3SSi/c1-16(21)22-19(5)15-20(19,23-25(6,7)18(2,3)4)13-14-24-17-11-9-8-10-12-17/h8-14H,15H2,1-7H3/b14-13-/t19-,20-/m1/s1. The lowest BCUT2D eigenvalue weighted by atomic mass is 10.2. The summed E-state index contributed by atoms with van der Waals surface area (Å²) in [6.07, 6.45) is 2.80. The second-order valence-electron chi connectivity index (χ2n) is 8.49. The Kier molecular flexibility index (Phi) is 5.62. The molecule has 3 nitrogen and oxygen atoms in total. The Balaban J connectivity index is 2.21. The summed E-state index contributed by atoms with van der Waals surface area (Å²) in [6.45, 7) is 14.6. The Labute approximate surface area is 157 Å². The van der Waals surface area contributed by atoms with Crippen LogP contribution in [0, 0.1) is 0 Å². The third-order valence-corrected chi connectivity index (χ3v) is 10.6.